The van der Waals surface area contributed by atoms with Gasteiger partial charge in [0.15, 0.2) is 6.10 Å². The minimum Gasteiger partial charge on any atom is -0.479 e. The number of rotatable bonds is 7. The Morgan fingerprint density at radius 2 is 2.00 bits per heavy atom. The molecule has 1 saturated heterocycles. The lowest BCUT2D eigenvalue weighted by Crippen LogP contribution is -2.44. The number of cyclic esters (lactones) is 1. The summed E-state index contributed by atoms with van der Waals surface area (Å²) in [6.07, 6.45) is 5.16. The maximum absolute atomic E-state index is 13.0. The molecule has 0 aromatic heterocycles. The van der Waals surface area contributed by atoms with E-state index in [0.29, 0.717) is 31.4 Å². The molecule has 4 rings (SSSR count). The van der Waals surface area contributed by atoms with Gasteiger partial charge in [-0.25, -0.2) is 4.79 Å². The predicted octanol–water partition coefficient (Wildman–Crippen LogP) is 3.51. The second-order valence-electron chi connectivity index (χ2n) is 10.1. The first-order valence-electron chi connectivity index (χ1n) is 12.6. The minimum absolute atomic E-state index is 0.0890. The van der Waals surface area contributed by atoms with Gasteiger partial charge in [-0.1, -0.05) is 43.4 Å². The monoisotopic (exact) mass is 484 g/mol. The van der Waals surface area contributed by atoms with Crippen LogP contribution in [0.1, 0.15) is 45.1 Å². The van der Waals surface area contributed by atoms with Crippen LogP contribution in [0.3, 0.4) is 0 Å². The Hall–Kier alpha value is -2.64. The molecule has 3 unspecified atom stereocenters. The van der Waals surface area contributed by atoms with Crippen LogP contribution in [-0.2, 0) is 19.1 Å². The highest BCUT2D eigenvalue weighted by molar-refractivity contribution is 5.75. The Balaban J connectivity index is 1.48. The average molecular weight is 485 g/mol. The number of hydrogen-bond donors (Lipinski definition) is 2. The minimum atomic E-state index is -0.801. The highest BCUT2D eigenvalue weighted by atomic mass is 16.6. The Kier molecular flexibility index (Phi) is 7.97. The number of hydrogen-bond acceptors (Lipinski definition) is 7. The third kappa shape index (κ3) is 5.78. The molecule has 8 atom stereocenters. The average Bonchev–Trinajstić information content (AvgIpc) is 2.81. The highest BCUT2D eigenvalue weighted by Crippen LogP contribution is 2.44. The number of aryl methyl sites for hydroxylation is 1. The van der Waals surface area contributed by atoms with E-state index in [2.05, 4.69) is 13.0 Å². The first-order chi connectivity index (χ1) is 16.7. The molecular formula is C28H36O7. The first-order valence-corrected chi connectivity index (χ1v) is 12.6. The summed E-state index contributed by atoms with van der Waals surface area (Å²) in [5.74, 6) is -0.554. The van der Waals surface area contributed by atoms with Crippen LogP contribution in [0, 0.1) is 30.6 Å². The first kappa shape index (κ1) is 25.5. The summed E-state index contributed by atoms with van der Waals surface area (Å²) in [4.78, 5) is 25.2. The fourth-order valence-corrected chi connectivity index (χ4v) is 5.59. The van der Waals surface area contributed by atoms with Crippen molar-refractivity contribution in [3.05, 3.63) is 53.6 Å². The number of fused-ring (bicyclic) bond motifs is 1. The number of ether oxygens (including phenoxy) is 3. The molecule has 35 heavy (non-hydrogen) atoms. The van der Waals surface area contributed by atoms with Crippen LogP contribution in [-0.4, -0.2) is 53.2 Å². The van der Waals surface area contributed by atoms with Crippen LogP contribution in [0.5, 0.6) is 5.75 Å². The molecule has 0 bridgehead atoms. The molecule has 0 radical (unpaired) electrons. The Labute approximate surface area is 206 Å². The number of para-hydroxylation sites is 1. The Morgan fingerprint density at radius 3 is 2.74 bits per heavy atom. The quantitative estimate of drug-likeness (QED) is 0.571. The molecule has 0 saturated carbocycles. The lowest BCUT2D eigenvalue weighted by molar-refractivity contribution is -0.162. The molecule has 1 aromatic carbocycles. The fraction of sp³-hybridized carbons (Fsp3) is 0.571. The zero-order valence-electron chi connectivity index (χ0n) is 20.6. The van der Waals surface area contributed by atoms with Crippen molar-refractivity contribution >= 4 is 11.9 Å². The van der Waals surface area contributed by atoms with Crippen LogP contribution >= 0.6 is 0 Å². The van der Waals surface area contributed by atoms with E-state index in [1.807, 2.05) is 43.3 Å². The molecule has 3 aliphatic rings. The summed E-state index contributed by atoms with van der Waals surface area (Å²) in [7, 11) is 0. The van der Waals surface area contributed by atoms with Gasteiger partial charge in [0.1, 0.15) is 11.9 Å². The van der Waals surface area contributed by atoms with E-state index in [1.165, 1.54) is 0 Å². The summed E-state index contributed by atoms with van der Waals surface area (Å²) >= 11 is 0. The van der Waals surface area contributed by atoms with Crippen LogP contribution in [0.15, 0.2) is 48.1 Å². The summed E-state index contributed by atoms with van der Waals surface area (Å²) in [5.41, 5.74) is 1.88. The van der Waals surface area contributed by atoms with Gasteiger partial charge in [-0.2, -0.15) is 0 Å². The summed E-state index contributed by atoms with van der Waals surface area (Å²) in [5, 5.41) is 20.8. The van der Waals surface area contributed by atoms with Gasteiger partial charge in [0.2, 0.25) is 0 Å². The zero-order chi connectivity index (χ0) is 25.1. The normalized spacial score (nSPS) is 33.2. The highest BCUT2D eigenvalue weighted by Gasteiger charge is 2.43. The molecule has 7 heteroatoms. The summed E-state index contributed by atoms with van der Waals surface area (Å²) < 4.78 is 17.0. The van der Waals surface area contributed by atoms with Gasteiger partial charge in [-0.15, -0.1) is 0 Å². The number of carbonyl (C=O) groups excluding carboxylic acids is 2. The van der Waals surface area contributed by atoms with Crippen molar-refractivity contribution in [3.63, 3.8) is 0 Å². The number of esters is 2. The number of aliphatic hydroxyl groups excluding tert-OH is 2. The largest absolute Gasteiger partial charge is 0.479 e. The zero-order valence-corrected chi connectivity index (χ0v) is 20.6. The van der Waals surface area contributed by atoms with Crippen LogP contribution in [0.2, 0.25) is 0 Å². The molecular weight excluding hydrogens is 448 g/mol. The second kappa shape index (κ2) is 11.0. The van der Waals surface area contributed by atoms with E-state index in [4.69, 9.17) is 14.2 Å². The number of aliphatic hydroxyl groups is 2. The van der Waals surface area contributed by atoms with Crippen LogP contribution < -0.4 is 4.74 Å². The summed E-state index contributed by atoms with van der Waals surface area (Å²) in [6, 6.07) is 7.50. The SMILES string of the molecule is Cc1ccccc1OC(C)C(=O)O[C@H]1C[C@H](O)C=C2C=C[C@H](C)[C@H](CCC3C(=O)OCCC3O)[C@H]21. The van der Waals surface area contributed by atoms with Gasteiger partial charge in [-0.3, -0.25) is 4.79 Å². The predicted molar refractivity (Wildman–Crippen MR) is 129 cm³/mol. The van der Waals surface area contributed by atoms with E-state index in [-0.39, 0.29) is 30.3 Å². The molecule has 2 N–H and O–H groups in total. The second-order valence-corrected chi connectivity index (χ2v) is 10.1. The molecule has 190 valence electrons. The standard InChI is InChI=1S/C28H36O7/c1-16-8-9-19-14-20(29)15-25(35-27(31)18(3)34-24-7-5-4-6-17(24)2)26(19)21(16)10-11-22-23(30)12-13-33-28(22)32/h4-9,14,16,18,20-23,25-26,29-30H,10-13,15H2,1-3H3/t16-,18?,20+,21-,22?,23?,25-,26-/m0/s1. The van der Waals surface area contributed by atoms with Crippen molar-refractivity contribution in [3.8, 4) is 5.75 Å². The van der Waals surface area contributed by atoms with Crippen molar-refractivity contribution in [1.82, 2.24) is 0 Å². The maximum Gasteiger partial charge on any atom is 0.347 e. The van der Waals surface area contributed by atoms with Gasteiger partial charge < -0.3 is 24.4 Å². The van der Waals surface area contributed by atoms with E-state index >= 15 is 0 Å². The third-order valence-electron chi connectivity index (χ3n) is 7.61. The number of carbonyl (C=O) groups is 2. The smallest absolute Gasteiger partial charge is 0.347 e. The molecule has 1 heterocycles. The molecule has 0 amide bonds. The van der Waals surface area contributed by atoms with E-state index < -0.39 is 36.3 Å². The van der Waals surface area contributed by atoms with Crippen LogP contribution in [0.25, 0.3) is 0 Å². The topological polar surface area (TPSA) is 102 Å². The van der Waals surface area contributed by atoms with Crippen molar-refractivity contribution in [2.75, 3.05) is 6.61 Å². The van der Waals surface area contributed by atoms with Gasteiger partial charge in [0.05, 0.1) is 24.7 Å². The molecule has 2 aliphatic carbocycles. The fourth-order valence-electron chi connectivity index (χ4n) is 5.59. The van der Waals surface area contributed by atoms with Gasteiger partial charge in [0, 0.05) is 18.8 Å². The van der Waals surface area contributed by atoms with E-state index in [1.54, 1.807) is 6.92 Å². The molecule has 1 aliphatic heterocycles. The van der Waals surface area contributed by atoms with Crippen molar-refractivity contribution < 1.29 is 34.0 Å². The number of allylic oxidation sites excluding steroid dienone is 2. The van der Waals surface area contributed by atoms with Gasteiger partial charge >= 0.3 is 11.9 Å². The van der Waals surface area contributed by atoms with E-state index in [0.717, 1.165) is 11.1 Å². The molecule has 0 spiro atoms. The lowest BCUT2D eigenvalue weighted by Gasteiger charge is -2.43. The molecule has 1 fully saturated rings. The van der Waals surface area contributed by atoms with Crippen molar-refractivity contribution in [2.45, 2.75) is 70.9 Å². The third-order valence-corrected chi connectivity index (χ3v) is 7.61. The van der Waals surface area contributed by atoms with Crippen molar-refractivity contribution in [2.24, 2.45) is 23.7 Å². The van der Waals surface area contributed by atoms with Crippen molar-refractivity contribution in [1.29, 1.82) is 0 Å². The van der Waals surface area contributed by atoms with Gasteiger partial charge in [-0.05, 0) is 55.7 Å². The Morgan fingerprint density at radius 1 is 1.23 bits per heavy atom. The molecule has 1 aromatic rings. The summed E-state index contributed by atoms with van der Waals surface area (Å²) in [6.45, 7) is 5.96. The lowest BCUT2D eigenvalue weighted by atomic mass is 9.66. The van der Waals surface area contributed by atoms with Gasteiger partial charge in [0.25, 0.3) is 0 Å². The Bertz CT molecular complexity index is 983. The maximum atomic E-state index is 13.0. The van der Waals surface area contributed by atoms with E-state index in [9.17, 15) is 19.8 Å². The van der Waals surface area contributed by atoms with Crippen LogP contribution in [0.4, 0.5) is 0 Å². The number of benzene rings is 1. The molecule has 7 nitrogen and oxygen atoms in total.